The Balaban J connectivity index is 1.94. The van der Waals surface area contributed by atoms with Gasteiger partial charge in [0.05, 0.1) is 11.9 Å². The Hall–Kier alpha value is -1.21. The van der Waals surface area contributed by atoms with Crippen LogP contribution in [0.4, 0.5) is 0 Å². The number of fused-ring (bicyclic) bond motifs is 2. The number of hydrogen-bond acceptors (Lipinski definition) is 4. The van der Waals surface area contributed by atoms with Crippen molar-refractivity contribution in [1.29, 1.82) is 0 Å². The minimum atomic E-state index is -3.12. The van der Waals surface area contributed by atoms with E-state index in [1.165, 1.54) is 10.6 Å². The molecule has 1 fully saturated rings. The molecule has 1 aliphatic carbocycles. The summed E-state index contributed by atoms with van der Waals surface area (Å²) in [7, 11) is -3.12. The zero-order chi connectivity index (χ0) is 14.5. The number of aromatic nitrogens is 2. The summed E-state index contributed by atoms with van der Waals surface area (Å²) in [6.07, 6.45) is 4.41. The summed E-state index contributed by atoms with van der Waals surface area (Å²) in [4.78, 5) is 19.3. The number of hydrogen-bond donors (Lipinski definition) is 1. The molecule has 1 aromatic heterocycles. The average molecular weight is 297 g/mol. The molecule has 0 radical (unpaired) electrons. The molecule has 0 bridgehead atoms. The summed E-state index contributed by atoms with van der Waals surface area (Å²) < 4.78 is 24.7. The molecule has 7 heteroatoms. The van der Waals surface area contributed by atoms with Gasteiger partial charge < -0.3 is 4.98 Å². The van der Waals surface area contributed by atoms with Crippen molar-refractivity contribution in [3.63, 3.8) is 0 Å². The van der Waals surface area contributed by atoms with Gasteiger partial charge in [-0.15, -0.1) is 0 Å². The third kappa shape index (κ3) is 2.09. The monoisotopic (exact) mass is 297 g/mol. The van der Waals surface area contributed by atoms with Crippen molar-refractivity contribution in [3.05, 3.63) is 27.4 Å². The van der Waals surface area contributed by atoms with Crippen molar-refractivity contribution in [2.24, 2.45) is 0 Å². The number of nitrogens with zero attached hydrogens (tertiary/aromatic N) is 2. The predicted molar refractivity (Wildman–Crippen MR) is 75.2 cm³/mol. The van der Waals surface area contributed by atoms with Gasteiger partial charge in [0.25, 0.3) is 5.56 Å². The van der Waals surface area contributed by atoms with Gasteiger partial charge in [-0.2, -0.15) is 0 Å². The van der Waals surface area contributed by atoms with E-state index >= 15 is 0 Å². The largest absolute Gasteiger partial charge is 0.311 e. The Labute approximate surface area is 118 Å². The van der Waals surface area contributed by atoms with Gasteiger partial charge in [0, 0.05) is 24.1 Å². The first-order valence-corrected chi connectivity index (χ1v) is 8.72. The Kier molecular flexibility index (Phi) is 3.02. The van der Waals surface area contributed by atoms with Crippen LogP contribution in [0.5, 0.6) is 0 Å². The van der Waals surface area contributed by atoms with Crippen molar-refractivity contribution in [1.82, 2.24) is 14.3 Å². The van der Waals surface area contributed by atoms with Crippen molar-refractivity contribution in [2.45, 2.75) is 38.0 Å². The third-order valence-electron chi connectivity index (χ3n) is 4.64. The first-order valence-electron chi connectivity index (χ1n) is 6.87. The lowest BCUT2D eigenvalue weighted by molar-refractivity contribution is 0.228. The number of piperidine rings is 1. The highest BCUT2D eigenvalue weighted by atomic mass is 32.2. The lowest BCUT2D eigenvalue weighted by Gasteiger charge is -2.38. The fourth-order valence-corrected chi connectivity index (χ4v) is 4.34. The Morgan fingerprint density at radius 3 is 2.50 bits per heavy atom. The lowest BCUT2D eigenvalue weighted by atomic mass is 9.76. The van der Waals surface area contributed by atoms with Crippen LogP contribution in [-0.4, -0.2) is 42.0 Å². The standard InChI is InChI=1S/C13H19N3O3S/c1-9-14-11-10(12(17)15-9)3-4-13(11)5-7-16(8-6-13)20(2,18)19/h3-8H2,1-2H3,(H,14,15,17). The summed E-state index contributed by atoms with van der Waals surface area (Å²) in [5.41, 5.74) is 1.57. The summed E-state index contributed by atoms with van der Waals surface area (Å²) in [6.45, 7) is 2.83. The van der Waals surface area contributed by atoms with E-state index in [0.717, 1.165) is 36.9 Å². The number of rotatable bonds is 1. The number of nitrogens with one attached hydrogen (secondary N) is 1. The molecule has 2 heterocycles. The molecular weight excluding hydrogens is 278 g/mol. The van der Waals surface area contributed by atoms with Crippen LogP contribution < -0.4 is 5.56 Å². The molecule has 1 aliphatic heterocycles. The normalized spacial score (nSPS) is 22.1. The SMILES string of the molecule is Cc1nc2c(c(=O)[nH]1)CCC21CCN(S(C)(=O)=O)CC1. The summed E-state index contributed by atoms with van der Waals surface area (Å²) >= 11 is 0. The van der Waals surface area contributed by atoms with E-state index in [-0.39, 0.29) is 11.0 Å². The van der Waals surface area contributed by atoms with Crippen LogP contribution in [0, 0.1) is 6.92 Å². The molecule has 110 valence electrons. The zero-order valence-electron chi connectivity index (χ0n) is 11.8. The molecule has 6 nitrogen and oxygen atoms in total. The maximum Gasteiger partial charge on any atom is 0.254 e. The highest BCUT2D eigenvalue weighted by molar-refractivity contribution is 7.88. The third-order valence-corrected chi connectivity index (χ3v) is 5.94. The quantitative estimate of drug-likeness (QED) is 0.809. The van der Waals surface area contributed by atoms with E-state index < -0.39 is 10.0 Å². The van der Waals surface area contributed by atoms with E-state index in [1.54, 1.807) is 6.92 Å². The molecule has 1 saturated heterocycles. The highest BCUT2D eigenvalue weighted by Gasteiger charge is 2.44. The Morgan fingerprint density at radius 1 is 1.25 bits per heavy atom. The fourth-order valence-electron chi connectivity index (χ4n) is 3.50. The van der Waals surface area contributed by atoms with Crippen molar-refractivity contribution < 1.29 is 8.42 Å². The maximum atomic E-state index is 12.0. The second-order valence-electron chi connectivity index (χ2n) is 5.92. The Bertz CT molecular complexity index is 700. The molecule has 1 aromatic rings. The maximum absolute atomic E-state index is 12.0. The van der Waals surface area contributed by atoms with Gasteiger partial charge in [0.2, 0.25) is 10.0 Å². The first kappa shape index (κ1) is 13.8. The Morgan fingerprint density at radius 2 is 1.90 bits per heavy atom. The van der Waals surface area contributed by atoms with Crippen molar-refractivity contribution in [2.75, 3.05) is 19.3 Å². The van der Waals surface area contributed by atoms with Gasteiger partial charge in [-0.1, -0.05) is 0 Å². The fraction of sp³-hybridized carbons (Fsp3) is 0.692. The van der Waals surface area contributed by atoms with Gasteiger partial charge in [0.1, 0.15) is 5.82 Å². The first-order chi connectivity index (χ1) is 9.32. The lowest BCUT2D eigenvalue weighted by Crippen LogP contribution is -2.44. The van der Waals surface area contributed by atoms with E-state index in [4.69, 9.17) is 0 Å². The molecule has 3 rings (SSSR count). The van der Waals surface area contributed by atoms with Gasteiger partial charge in [-0.05, 0) is 32.6 Å². The van der Waals surface area contributed by atoms with Gasteiger partial charge in [0.15, 0.2) is 0 Å². The second kappa shape index (κ2) is 4.39. The summed E-state index contributed by atoms with van der Waals surface area (Å²) in [6, 6.07) is 0. The second-order valence-corrected chi connectivity index (χ2v) is 7.90. The van der Waals surface area contributed by atoms with Crippen LogP contribution in [0.2, 0.25) is 0 Å². The van der Waals surface area contributed by atoms with Crippen LogP contribution in [0.25, 0.3) is 0 Å². The molecule has 1 N–H and O–H groups in total. The molecule has 0 aromatic carbocycles. The molecule has 20 heavy (non-hydrogen) atoms. The highest BCUT2D eigenvalue weighted by Crippen LogP contribution is 2.44. The summed E-state index contributed by atoms with van der Waals surface area (Å²) in [5, 5.41) is 0. The number of aromatic amines is 1. The molecule has 0 unspecified atom stereocenters. The van der Waals surface area contributed by atoms with Gasteiger partial charge >= 0.3 is 0 Å². The molecule has 0 saturated carbocycles. The van der Waals surface area contributed by atoms with E-state index in [2.05, 4.69) is 9.97 Å². The molecule has 0 atom stereocenters. The molecular formula is C13H19N3O3S. The minimum absolute atomic E-state index is 0.0325. The number of sulfonamides is 1. The van der Waals surface area contributed by atoms with Crippen LogP contribution in [-0.2, 0) is 21.9 Å². The van der Waals surface area contributed by atoms with Crippen LogP contribution in [0.3, 0.4) is 0 Å². The van der Waals surface area contributed by atoms with Crippen molar-refractivity contribution >= 4 is 10.0 Å². The number of aryl methyl sites for hydroxylation is 1. The molecule has 0 amide bonds. The predicted octanol–water partition coefficient (Wildman–Crippen LogP) is 0.318. The van der Waals surface area contributed by atoms with Crippen LogP contribution >= 0.6 is 0 Å². The van der Waals surface area contributed by atoms with E-state index in [0.29, 0.717) is 18.9 Å². The minimum Gasteiger partial charge on any atom is -0.311 e. The van der Waals surface area contributed by atoms with E-state index in [9.17, 15) is 13.2 Å². The topological polar surface area (TPSA) is 83.1 Å². The molecule has 2 aliphatic rings. The number of H-pyrrole nitrogens is 1. The zero-order valence-corrected chi connectivity index (χ0v) is 12.6. The van der Waals surface area contributed by atoms with Crippen LogP contribution in [0.1, 0.15) is 36.3 Å². The average Bonchev–Trinajstić information content (AvgIpc) is 2.68. The van der Waals surface area contributed by atoms with Crippen molar-refractivity contribution in [3.8, 4) is 0 Å². The smallest absolute Gasteiger partial charge is 0.254 e. The van der Waals surface area contributed by atoms with Gasteiger partial charge in [-0.3, -0.25) is 4.79 Å². The van der Waals surface area contributed by atoms with Crippen LogP contribution in [0.15, 0.2) is 4.79 Å². The summed E-state index contributed by atoms with van der Waals surface area (Å²) in [5.74, 6) is 0.639. The van der Waals surface area contributed by atoms with E-state index in [1.807, 2.05) is 0 Å². The van der Waals surface area contributed by atoms with Gasteiger partial charge in [-0.25, -0.2) is 17.7 Å². The molecule has 1 spiro atoms.